The molecule has 0 aliphatic carbocycles. The molecule has 0 aliphatic rings. The van der Waals surface area contributed by atoms with E-state index in [-0.39, 0.29) is 10.9 Å². The van der Waals surface area contributed by atoms with Crippen molar-refractivity contribution in [1.82, 2.24) is 4.31 Å². The molecule has 0 radical (unpaired) electrons. The molecule has 0 aromatic heterocycles. The number of ether oxygens (including phenoxy) is 1. The van der Waals surface area contributed by atoms with Gasteiger partial charge in [0.2, 0.25) is 10.0 Å². The van der Waals surface area contributed by atoms with Crippen LogP contribution in [0.25, 0.3) is 0 Å². The third-order valence-electron chi connectivity index (χ3n) is 3.01. The van der Waals surface area contributed by atoms with Gasteiger partial charge in [-0.2, -0.15) is 0 Å². The Morgan fingerprint density at radius 2 is 1.71 bits per heavy atom. The maximum atomic E-state index is 12.0. The van der Waals surface area contributed by atoms with Gasteiger partial charge in [-0.3, -0.25) is 4.79 Å². The zero-order valence-electron chi connectivity index (χ0n) is 12.9. The fourth-order valence-corrected chi connectivity index (χ4v) is 2.61. The van der Waals surface area contributed by atoms with E-state index in [0.29, 0.717) is 19.6 Å². The molecule has 0 unspecified atom stereocenters. The van der Waals surface area contributed by atoms with Crippen molar-refractivity contribution in [3.05, 3.63) is 24.3 Å². The minimum Gasteiger partial charge on any atom is -0.466 e. The van der Waals surface area contributed by atoms with Crippen molar-refractivity contribution in [2.24, 2.45) is 0 Å². The van der Waals surface area contributed by atoms with Gasteiger partial charge in [0, 0.05) is 33.4 Å². The number of hydrogen-bond acceptors (Lipinski definition) is 5. The molecule has 1 aromatic rings. The molecule has 0 N–H and O–H groups in total. The molecule has 118 valence electrons. The summed E-state index contributed by atoms with van der Waals surface area (Å²) in [5.41, 5.74) is 0.844. The quantitative estimate of drug-likeness (QED) is 0.710. The number of rotatable bonds is 7. The van der Waals surface area contributed by atoms with E-state index in [1.165, 1.54) is 18.4 Å². The molecular weight excluding hydrogens is 292 g/mol. The topological polar surface area (TPSA) is 66.9 Å². The van der Waals surface area contributed by atoms with E-state index in [0.717, 1.165) is 5.69 Å². The van der Waals surface area contributed by atoms with Crippen LogP contribution in [-0.4, -0.2) is 53.0 Å². The Morgan fingerprint density at radius 3 is 2.19 bits per heavy atom. The second kappa shape index (κ2) is 7.42. The van der Waals surface area contributed by atoms with Gasteiger partial charge in [0.25, 0.3) is 0 Å². The molecule has 7 heteroatoms. The van der Waals surface area contributed by atoms with E-state index < -0.39 is 10.0 Å². The van der Waals surface area contributed by atoms with E-state index in [1.807, 2.05) is 11.9 Å². The van der Waals surface area contributed by atoms with E-state index >= 15 is 0 Å². The molecule has 0 saturated carbocycles. The number of benzene rings is 1. The van der Waals surface area contributed by atoms with Gasteiger partial charge in [-0.25, -0.2) is 12.7 Å². The fourth-order valence-electron chi connectivity index (χ4n) is 1.70. The zero-order chi connectivity index (χ0) is 16.0. The summed E-state index contributed by atoms with van der Waals surface area (Å²) < 4.78 is 29.9. The summed E-state index contributed by atoms with van der Waals surface area (Å²) in [6.45, 7) is 2.66. The van der Waals surface area contributed by atoms with Crippen LogP contribution in [-0.2, 0) is 19.6 Å². The van der Waals surface area contributed by atoms with Crippen molar-refractivity contribution >= 4 is 21.7 Å². The van der Waals surface area contributed by atoms with Gasteiger partial charge in [0.05, 0.1) is 17.9 Å². The highest BCUT2D eigenvalue weighted by molar-refractivity contribution is 7.89. The predicted molar refractivity (Wildman–Crippen MR) is 81.8 cm³/mol. The van der Waals surface area contributed by atoms with Gasteiger partial charge in [0.1, 0.15) is 0 Å². The number of hydrogen-bond donors (Lipinski definition) is 0. The number of carbonyl (C=O) groups is 1. The molecule has 0 saturated heterocycles. The van der Waals surface area contributed by atoms with Gasteiger partial charge in [-0.15, -0.1) is 0 Å². The molecule has 0 spiro atoms. The van der Waals surface area contributed by atoms with Gasteiger partial charge < -0.3 is 9.64 Å². The van der Waals surface area contributed by atoms with E-state index in [9.17, 15) is 13.2 Å². The summed E-state index contributed by atoms with van der Waals surface area (Å²) in [5.74, 6) is -0.240. The highest BCUT2D eigenvalue weighted by atomic mass is 32.2. The van der Waals surface area contributed by atoms with Crippen LogP contribution in [0.5, 0.6) is 0 Å². The molecule has 1 rings (SSSR count). The first-order valence-corrected chi connectivity index (χ1v) is 8.12. The summed E-state index contributed by atoms with van der Waals surface area (Å²) in [6.07, 6.45) is 0.294. The SMILES string of the molecule is CCOC(=O)CCN(C)c1ccc(S(=O)(=O)N(C)C)cc1. The molecule has 0 bridgehead atoms. The van der Waals surface area contributed by atoms with E-state index in [1.54, 1.807) is 31.2 Å². The summed E-state index contributed by atoms with van der Waals surface area (Å²) in [6, 6.07) is 6.57. The Kier molecular flexibility index (Phi) is 6.17. The average molecular weight is 314 g/mol. The standard InChI is InChI=1S/C14H22N2O4S/c1-5-20-14(17)10-11-16(4)12-6-8-13(9-7-12)21(18,19)15(2)3/h6-9H,5,10-11H2,1-4H3. The molecule has 0 atom stereocenters. The molecule has 0 heterocycles. The number of sulfonamides is 1. The second-order valence-electron chi connectivity index (χ2n) is 4.76. The van der Waals surface area contributed by atoms with Crippen LogP contribution >= 0.6 is 0 Å². The second-order valence-corrected chi connectivity index (χ2v) is 6.91. The molecular formula is C14H22N2O4S. The van der Waals surface area contributed by atoms with Crippen LogP contribution in [0.15, 0.2) is 29.2 Å². The minimum atomic E-state index is -3.41. The van der Waals surface area contributed by atoms with Crippen molar-refractivity contribution in [1.29, 1.82) is 0 Å². The first-order chi connectivity index (χ1) is 9.78. The summed E-state index contributed by atoms with van der Waals surface area (Å²) in [5, 5.41) is 0. The Hall–Kier alpha value is -1.60. The lowest BCUT2D eigenvalue weighted by Gasteiger charge is -2.19. The van der Waals surface area contributed by atoms with E-state index in [2.05, 4.69) is 0 Å². The highest BCUT2D eigenvalue weighted by Gasteiger charge is 2.17. The predicted octanol–water partition coefficient (Wildman–Crippen LogP) is 1.33. The Balaban J connectivity index is 2.72. The molecule has 21 heavy (non-hydrogen) atoms. The van der Waals surface area contributed by atoms with Crippen LogP contribution in [0.3, 0.4) is 0 Å². The van der Waals surface area contributed by atoms with Crippen LogP contribution in [0.2, 0.25) is 0 Å². The first-order valence-electron chi connectivity index (χ1n) is 6.68. The monoisotopic (exact) mass is 314 g/mol. The van der Waals surface area contributed by atoms with Gasteiger partial charge in [0.15, 0.2) is 0 Å². The van der Waals surface area contributed by atoms with Crippen molar-refractivity contribution < 1.29 is 17.9 Å². The van der Waals surface area contributed by atoms with Crippen molar-refractivity contribution in [2.75, 3.05) is 39.2 Å². The van der Waals surface area contributed by atoms with Gasteiger partial charge in [-0.1, -0.05) is 0 Å². The van der Waals surface area contributed by atoms with Crippen LogP contribution in [0.4, 0.5) is 5.69 Å². The molecule has 1 aromatic carbocycles. The average Bonchev–Trinajstić information content (AvgIpc) is 2.45. The largest absolute Gasteiger partial charge is 0.466 e. The van der Waals surface area contributed by atoms with Gasteiger partial charge >= 0.3 is 5.97 Å². The fraction of sp³-hybridized carbons (Fsp3) is 0.500. The third-order valence-corrected chi connectivity index (χ3v) is 4.84. The lowest BCUT2D eigenvalue weighted by Crippen LogP contribution is -2.23. The number of carbonyl (C=O) groups excluding carboxylic acids is 1. The lowest BCUT2D eigenvalue weighted by molar-refractivity contribution is -0.142. The van der Waals surface area contributed by atoms with Crippen molar-refractivity contribution in [3.63, 3.8) is 0 Å². The molecule has 6 nitrogen and oxygen atoms in total. The smallest absolute Gasteiger partial charge is 0.307 e. The lowest BCUT2D eigenvalue weighted by atomic mass is 10.3. The summed E-state index contributed by atoms with van der Waals surface area (Å²) in [4.78, 5) is 13.4. The highest BCUT2D eigenvalue weighted by Crippen LogP contribution is 2.19. The maximum absolute atomic E-state index is 12.0. The maximum Gasteiger partial charge on any atom is 0.307 e. The minimum absolute atomic E-state index is 0.240. The molecule has 0 aliphatic heterocycles. The normalized spacial score (nSPS) is 11.5. The van der Waals surface area contributed by atoms with Crippen LogP contribution in [0.1, 0.15) is 13.3 Å². The molecule has 0 fully saturated rings. The Labute approximate surface area is 126 Å². The Bertz CT molecular complexity index is 567. The third kappa shape index (κ3) is 4.71. The van der Waals surface area contributed by atoms with Crippen molar-refractivity contribution in [2.45, 2.75) is 18.2 Å². The summed E-state index contributed by atoms with van der Waals surface area (Å²) >= 11 is 0. The first kappa shape index (κ1) is 17.5. The zero-order valence-corrected chi connectivity index (χ0v) is 13.7. The van der Waals surface area contributed by atoms with Gasteiger partial charge in [-0.05, 0) is 31.2 Å². The number of esters is 1. The van der Waals surface area contributed by atoms with Crippen LogP contribution < -0.4 is 4.90 Å². The Morgan fingerprint density at radius 1 is 1.14 bits per heavy atom. The number of anilines is 1. The van der Waals surface area contributed by atoms with E-state index in [4.69, 9.17) is 4.74 Å². The summed E-state index contributed by atoms with van der Waals surface area (Å²) in [7, 11) is 1.42. The van der Waals surface area contributed by atoms with Crippen molar-refractivity contribution in [3.8, 4) is 0 Å². The molecule has 0 amide bonds. The number of nitrogens with zero attached hydrogens (tertiary/aromatic N) is 2. The van der Waals surface area contributed by atoms with Crippen LogP contribution in [0, 0.1) is 0 Å².